The third kappa shape index (κ3) is 4.17. The highest BCUT2D eigenvalue weighted by atomic mass is 32.2. The van der Waals surface area contributed by atoms with Crippen molar-refractivity contribution >= 4 is 27.7 Å². The molecule has 0 atom stereocenters. The smallest absolute Gasteiger partial charge is 0.418 e. The van der Waals surface area contributed by atoms with E-state index in [1.807, 2.05) is 0 Å². The van der Waals surface area contributed by atoms with Crippen LogP contribution in [0.25, 0.3) is 0 Å². The van der Waals surface area contributed by atoms with Gasteiger partial charge in [-0.15, -0.1) is 0 Å². The number of pyridine rings is 2. The molecule has 2 heterocycles. The number of amides is 2. The van der Waals surface area contributed by atoms with Crippen molar-refractivity contribution < 1.29 is 32.2 Å². The number of anilines is 1. The van der Waals surface area contributed by atoms with Crippen LogP contribution >= 0.6 is 0 Å². The summed E-state index contributed by atoms with van der Waals surface area (Å²) in [7, 11) is -3.19. The molecule has 0 unspecified atom stereocenters. The van der Waals surface area contributed by atoms with Gasteiger partial charge in [-0.05, 0) is 12.1 Å². The van der Waals surface area contributed by atoms with Gasteiger partial charge in [0.1, 0.15) is 11.3 Å². The van der Waals surface area contributed by atoms with Crippen LogP contribution < -0.4 is 14.8 Å². The Morgan fingerprint density at radius 2 is 1.92 bits per heavy atom. The molecule has 2 rings (SSSR count). The first-order valence-corrected chi connectivity index (χ1v) is 7.94. The molecule has 10 nitrogen and oxygen atoms in total. The number of carbonyl (C=O) groups excluding carboxylic acids is 1. The summed E-state index contributed by atoms with van der Waals surface area (Å²) in [6.07, 6.45) is 0.348. The van der Waals surface area contributed by atoms with E-state index in [9.17, 15) is 22.4 Å². The number of hydrogen-bond donors (Lipinski definition) is 3. The summed E-state index contributed by atoms with van der Waals surface area (Å²) in [5.74, 6) is -2.09. The van der Waals surface area contributed by atoms with E-state index >= 15 is 0 Å². The molecule has 0 aliphatic rings. The summed E-state index contributed by atoms with van der Waals surface area (Å²) in [6.45, 7) is 0. The molecule has 2 aromatic rings. The minimum absolute atomic E-state index is 0.0592. The second-order valence-electron chi connectivity index (χ2n) is 4.43. The Bertz CT molecular complexity index is 934. The molecule has 2 amide bonds. The Kier molecular flexibility index (Phi) is 5.12. The first kappa shape index (κ1) is 18.1. The first-order chi connectivity index (χ1) is 11.7. The summed E-state index contributed by atoms with van der Waals surface area (Å²) in [5.41, 5.74) is -0.536. The van der Waals surface area contributed by atoms with Crippen molar-refractivity contribution in [2.75, 3.05) is 12.4 Å². The van der Waals surface area contributed by atoms with Crippen molar-refractivity contribution in [3.05, 3.63) is 42.1 Å². The van der Waals surface area contributed by atoms with Crippen LogP contribution in [0.3, 0.4) is 0 Å². The second kappa shape index (κ2) is 7.09. The molecular formula is C13H11FN4O6S. The van der Waals surface area contributed by atoms with E-state index in [1.165, 1.54) is 24.0 Å². The fraction of sp³-hybridized carbons (Fsp3) is 0.0769. The van der Waals surface area contributed by atoms with Gasteiger partial charge in [0.2, 0.25) is 5.95 Å². The van der Waals surface area contributed by atoms with Crippen molar-refractivity contribution in [3.8, 4) is 5.75 Å². The van der Waals surface area contributed by atoms with E-state index in [0.29, 0.717) is 0 Å². The van der Waals surface area contributed by atoms with Crippen molar-refractivity contribution in [2.24, 2.45) is 0 Å². The van der Waals surface area contributed by atoms with Crippen LogP contribution in [0.15, 0.2) is 35.6 Å². The van der Waals surface area contributed by atoms with E-state index in [2.05, 4.69) is 15.3 Å². The number of halogens is 1. The predicted molar refractivity (Wildman–Crippen MR) is 81.3 cm³/mol. The fourth-order valence-electron chi connectivity index (χ4n) is 1.79. The largest absolute Gasteiger partial charge is 0.496 e. The number of ether oxygens (including phenoxy) is 1. The second-order valence-corrected chi connectivity index (χ2v) is 6.06. The van der Waals surface area contributed by atoms with Crippen LogP contribution in [-0.2, 0) is 10.0 Å². The molecule has 132 valence electrons. The van der Waals surface area contributed by atoms with Crippen LogP contribution in [0.2, 0.25) is 0 Å². The van der Waals surface area contributed by atoms with Crippen LogP contribution in [0, 0.1) is 5.95 Å². The van der Waals surface area contributed by atoms with Gasteiger partial charge in [-0.1, -0.05) is 0 Å². The van der Waals surface area contributed by atoms with Crippen LogP contribution in [0.4, 0.5) is 14.9 Å². The molecule has 0 fully saturated rings. The van der Waals surface area contributed by atoms with Crippen molar-refractivity contribution in [1.29, 1.82) is 0 Å². The molecule has 2 aromatic heterocycles. The van der Waals surface area contributed by atoms with Gasteiger partial charge in [0.15, 0.2) is 5.03 Å². The number of carbonyl (C=O) groups is 2. The zero-order chi connectivity index (χ0) is 18.6. The number of aromatic nitrogens is 2. The normalized spacial score (nSPS) is 10.8. The molecule has 0 aliphatic heterocycles. The summed E-state index contributed by atoms with van der Waals surface area (Å²) < 4.78 is 43.4. The maximum absolute atomic E-state index is 13.8. The lowest BCUT2D eigenvalue weighted by Crippen LogP contribution is -2.29. The SMILES string of the molecule is COc1ccnc(F)c1C(=O)Nc1ccnc(S(=O)(=O)NC(=O)O)c1. The molecule has 25 heavy (non-hydrogen) atoms. The molecule has 0 radical (unpaired) electrons. The monoisotopic (exact) mass is 370 g/mol. The average molecular weight is 370 g/mol. The lowest BCUT2D eigenvalue weighted by Gasteiger charge is -2.10. The molecule has 0 aromatic carbocycles. The van der Waals surface area contributed by atoms with E-state index in [4.69, 9.17) is 9.84 Å². The Morgan fingerprint density at radius 1 is 1.24 bits per heavy atom. The Labute approximate surface area is 140 Å². The summed E-state index contributed by atoms with van der Waals surface area (Å²) >= 11 is 0. The van der Waals surface area contributed by atoms with E-state index < -0.39 is 38.6 Å². The molecule has 0 saturated heterocycles. The molecular weight excluding hydrogens is 359 g/mol. The number of carboxylic acid groups (broad SMARTS) is 1. The van der Waals surface area contributed by atoms with Gasteiger partial charge in [-0.2, -0.15) is 12.8 Å². The van der Waals surface area contributed by atoms with Crippen LogP contribution in [-0.4, -0.2) is 42.6 Å². The standard InChI is InChI=1S/C13H11FN4O6S/c1-24-8-3-5-16-11(14)10(8)12(19)17-7-2-4-15-9(6-7)25(22,23)18-13(20)21/h2-6,18H,1H3,(H,20,21)(H,15,17,19). The van der Waals surface area contributed by atoms with Gasteiger partial charge in [0.25, 0.3) is 15.9 Å². The minimum atomic E-state index is -4.43. The maximum Gasteiger partial charge on any atom is 0.418 e. The van der Waals surface area contributed by atoms with E-state index in [0.717, 1.165) is 18.5 Å². The van der Waals surface area contributed by atoms with E-state index in [-0.39, 0.29) is 11.4 Å². The molecule has 0 saturated carbocycles. The number of sulfonamides is 1. The van der Waals surface area contributed by atoms with Gasteiger partial charge < -0.3 is 15.2 Å². The van der Waals surface area contributed by atoms with Gasteiger partial charge in [0.05, 0.1) is 7.11 Å². The molecule has 0 bridgehead atoms. The van der Waals surface area contributed by atoms with Gasteiger partial charge in [-0.25, -0.2) is 19.5 Å². The molecule has 12 heteroatoms. The van der Waals surface area contributed by atoms with Crippen molar-refractivity contribution in [2.45, 2.75) is 5.03 Å². The quantitative estimate of drug-likeness (QED) is 0.656. The Balaban J connectivity index is 2.32. The lowest BCUT2D eigenvalue weighted by molar-refractivity contribution is 0.101. The Hall–Kier alpha value is -3.28. The van der Waals surface area contributed by atoms with Crippen molar-refractivity contribution in [1.82, 2.24) is 14.7 Å². The third-order valence-corrected chi connectivity index (χ3v) is 4.02. The topological polar surface area (TPSA) is 148 Å². The highest BCUT2D eigenvalue weighted by molar-refractivity contribution is 7.90. The number of rotatable bonds is 5. The van der Waals surface area contributed by atoms with Gasteiger partial charge >= 0.3 is 6.09 Å². The number of nitrogens with zero attached hydrogens (tertiary/aromatic N) is 2. The predicted octanol–water partition coefficient (Wildman–Crippen LogP) is 0.833. The van der Waals surface area contributed by atoms with E-state index in [1.54, 1.807) is 0 Å². The zero-order valence-electron chi connectivity index (χ0n) is 12.6. The molecule has 0 aliphatic carbocycles. The zero-order valence-corrected chi connectivity index (χ0v) is 13.4. The molecule has 0 spiro atoms. The number of nitrogens with one attached hydrogen (secondary N) is 2. The summed E-state index contributed by atoms with van der Waals surface area (Å²) in [4.78, 5) is 29.6. The van der Waals surface area contributed by atoms with Crippen molar-refractivity contribution in [3.63, 3.8) is 0 Å². The third-order valence-electron chi connectivity index (χ3n) is 2.80. The lowest BCUT2D eigenvalue weighted by atomic mass is 10.2. The fourth-order valence-corrected chi connectivity index (χ4v) is 2.61. The highest BCUT2D eigenvalue weighted by Crippen LogP contribution is 2.21. The van der Waals surface area contributed by atoms with Gasteiger partial charge in [-0.3, -0.25) is 4.79 Å². The minimum Gasteiger partial charge on any atom is -0.496 e. The Morgan fingerprint density at radius 3 is 2.56 bits per heavy atom. The number of methoxy groups -OCH3 is 1. The maximum atomic E-state index is 13.8. The highest BCUT2D eigenvalue weighted by Gasteiger charge is 2.22. The summed E-state index contributed by atoms with van der Waals surface area (Å²) in [5, 5.41) is 10.1. The summed E-state index contributed by atoms with van der Waals surface area (Å²) in [6, 6.07) is 3.42. The first-order valence-electron chi connectivity index (χ1n) is 6.46. The molecule has 3 N–H and O–H groups in total. The average Bonchev–Trinajstić information content (AvgIpc) is 2.53. The van der Waals surface area contributed by atoms with Crippen LogP contribution in [0.5, 0.6) is 5.75 Å². The van der Waals surface area contributed by atoms with Gasteiger partial charge in [0, 0.05) is 24.1 Å². The van der Waals surface area contributed by atoms with Crippen LogP contribution in [0.1, 0.15) is 10.4 Å². The number of hydrogen-bond acceptors (Lipinski definition) is 7.